The van der Waals surface area contributed by atoms with Crippen molar-refractivity contribution in [1.82, 2.24) is 10.1 Å². The number of aromatic nitrogens is 2. The van der Waals surface area contributed by atoms with Crippen LogP contribution < -0.4 is 5.73 Å². The van der Waals surface area contributed by atoms with Crippen molar-refractivity contribution in [3.8, 4) is 10.7 Å². The summed E-state index contributed by atoms with van der Waals surface area (Å²) in [4.78, 5) is 5.23. The standard InChI is InChI=1S/C9H11N3OS.ClH/c1-2-6(10)9-11-8(12-13-9)7-4-3-5-14-7;/h3-6H,2,10H2,1H3;1H/t6-;/m0./s1. The minimum atomic E-state index is -0.156. The molecule has 82 valence electrons. The molecular weight excluding hydrogens is 234 g/mol. The predicted octanol–water partition coefficient (Wildman–Crippen LogP) is 2.63. The van der Waals surface area contributed by atoms with E-state index in [0.29, 0.717) is 11.7 Å². The average Bonchev–Trinajstić information content (AvgIpc) is 2.86. The van der Waals surface area contributed by atoms with E-state index in [1.807, 2.05) is 24.4 Å². The van der Waals surface area contributed by atoms with Gasteiger partial charge in [0.25, 0.3) is 0 Å². The lowest BCUT2D eigenvalue weighted by Gasteiger charge is -1.98. The van der Waals surface area contributed by atoms with Crippen LogP contribution in [0, 0.1) is 0 Å². The molecule has 0 aliphatic heterocycles. The molecule has 0 unspecified atom stereocenters. The Balaban J connectivity index is 0.00000112. The molecule has 1 atom stereocenters. The van der Waals surface area contributed by atoms with Crippen LogP contribution in [0.3, 0.4) is 0 Å². The first-order valence-electron chi connectivity index (χ1n) is 4.44. The first kappa shape index (κ1) is 12.2. The molecule has 0 aliphatic rings. The molecule has 0 spiro atoms. The Bertz CT molecular complexity index is 401. The molecule has 6 heteroatoms. The molecule has 0 radical (unpaired) electrons. The quantitative estimate of drug-likeness (QED) is 0.903. The van der Waals surface area contributed by atoms with Crippen LogP contribution in [0.1, 0.15) is 25.3 Å². The minimum absolute atomic E-state index is 0. The molecule has 2 aromatic heterocycles. The van der Waals surface area contributed by atoms with Crippen LogP contribution in [0.15, 0.2) is 22.0 Å². The first-order valence-corrected chi connectivity index (χ1v) is 5.32. The van der Waals surface area contributed by atoms with E-state index in [1.165, 1.54) is 0 Å². The van der Waals surface area contributed by atoms with Crippen LogP contribution in [0.4, 0.5) is 0 Å². The molecule has 0 saturated carbocycles. The van der Waals surface area contributed by atoms with Gasteiger partial charge in [0, 0.05) is 0 Å². The van der Waals surface area contributed by atoms with Gasteiger partial charge < -0.3 is 10.3 Å². The smallest absolute Gasteiger partial charge is 0.243 e. The number of halogens is 1. The van der Waals surface area contributed by atoms with E-state index in [1.54, 1.807) is 11.3 Å². The van der Waals surface area contributed by atoms with Crippen molar-refractivity contribution in [2.24, 2.45) is 5.73 Å². The van der Waals surface area contributed by atoms with E-state index in [9.17, 15) is 0 Å². The summed E-state index contributed by atoms with van der Waals surface area (Å²) in [6.45, 7) is 1.99. The Morgan fingerprint density at radius 2 is 2.40 bits per heavy atom. The molecule has 2 N–H and O–H groups in total. The van der Waals surface area contributed by atoms with Crippen molar-refractivity contribution >= 4 is 23.7 Å². The van der Waals surface area contributed by atoms with E-state index >= 15 is 0 Å². The van der Waals surface area contributed by atoms with Gasteiger partial charge >= 0.3 is 0 Å². The number of nitrogens with zero attached hydrogens (tertiary/aromatic N) is 2. The molecule has 2 aromatic rings. The third-order valence-corrected chi connectivity index (χ3v) is 2.81. The van der Waals surface area contributed by atoms with Crippen LogP contribution in [0.2, 0.25) is 0 Å². The van der Waals surface area contributed by atoms with E-state index in [-0.39, 0.29) is 18.4 Å². The molecule has 0 amide bonds. The zero-order valence-corrected chi connectivity index (χ0v) is 9.85. The normalized spacial score (nSPS) is 12.1. The average molecular weight is 246 g/mol. The second-order valence-corrected chi connectivity index (χ2v) is 3.90. The number of nitrogens with two attached hydrogens (primary N) is 1. The summed E-state index contributed by atoms with van der Waals surface area (Å²) in [5.74, 6) is 1.13. The van der Waals surface area contributed by atoms with E-state index in [4.69, 9.17) is 10.3 Å². The van der Waals surface area contributed by atoms with Gasteiger partial charge in [-0.25, -0.2) is 0 Å². The van der Waals surface area contributed by atoms with Gasteiger partial charge in [-0.3, -0.25) is 0 Å². The Hall–Kier alpha value is -0.910. The van der Waals surface area contributed by atoms with Crippen molar-refractivity contribution in [2.45, 2.75) is 19.4 Å². The van der Waals surface area contributed by atoms with Gasteiger partial charge in [0.1, 0.15) is 0 Å². The van der Waals surface area contributed by atoms with Gasteiger partial charge in [-0.2, -0.15) is 4.98 Å². The molecule has 0 aliphatic carbocycles. The summed E-state index contributed by atoms with van der Waals surface area (Å²) in [5.41, 5.74) is 5.77. The number of hydrogen-bond donors (Lipinski definition) is 1. The predicted molar refractivity (Wildman–Crippen MR) is 62.1 cm³/mol. The Kier molecular flexibility index (Phi) is 4.26. The van der Waals surface area contributed by atoms with Gasteiger partial charge in [-0.1, -0.05) is 18.1 Å². The fourth-order valence-electron chi connectivity index (χ4n) is 1.07. The second-order valence-electron chi connectivity index (χ2n) is 2.95. The SMILES string of the molecule is CC[C@H](N)c1nc(-c2cccs2)no1.Cl. The summed E-state index contributed by atoms with van der Waals surface area (Å²) in [6, 6.07) is 3.75. The third kappa shape index (κ3) is 2.56. The third-order valence-electron chi connectivity index (χ3n) is 1.94. The van der Waals surface area contributed by atoms with E-state index in [0.717, 1.165) is 11.3 Å². The molecule has 2 heterocycles. The Morgan fingerprint density at radius 3 is 3.00 bits per heavy atom. The molecule has 0 bridgehead atoms. The number of hydrogen-bond acceptors (Lipinski definition) is 5. The fourth-order valence-corrected chi connectivity index (χ4v) is 1.72. The Labute approximate surface area is 97.9 Å². The molecule has 15 heavy (non-hydrogen) atoms. The minimum Gasteiger partial charge on any atom is -0.337 e. The maximum absolute atomic E-state index is 5.77. The number of thiophene rings is 1. The monoisotopic (exact) mass is 245 g/mol. The van der Waals surface area contributed by atoms with Crippen LogP contribution in [0.5, 0.6) is 0 Å². The van der Waals surface area contributed by atoms with E-state index in [2.05, 4.69) is 10.1 Å². The topological polar surface area (TPSA) is 64.9 Å². The Morgan fingerprint density at radius 1 is 1.60 bits per heavy atom. The number of rotatable bonds is 3. The van der Waals surface area contributed by atoms with E-state index < -0.39 is 0 Å². The molecule has 2 rings (SSSR count). The van der Waals surface area contributed by atoms with Crippen molar-refractivity contribution in [2.75, 3.05) is 0 Å². The zero-order valence-electron chi connectivity index (χ0n) is 8.21. The lowest BCUT2D eigenvalue weighted by Crippen LogP contribution is -2.08. The van der Waals surface area contributed by atoms with Crippen molar-refractivity contribution in [3.63, 3.8) is 0 Å². The maximum Gasteiger partial charge on any atom is 0.243 e. The van der Waals surface area contributed by atoms with Crippen molar-refractivity contribution in [3.05, 3.63) is 23.4 Å². The summed E-state index contributed by atoms with van der Waals surface area (Å²) >= 11 is 1.58. The van der Waals surface area contributed by atoms with Crippen LogP contribution in [-0.2, 0) is 0 Å². The van der Waals surface area contributed by atoms with Crippen LogP contribution in [-0.4, -0.2) is 10.1 Å². The first-order chi connectivity index (χ1) is 6.81. The highest BCUT2D eigenvalue weighted by atomic mass is 35.5. The summed E-state index contributed by atoms with van der Waals surface area (Å²) < 4.78 is 5.06. The molecule has 0 fully saturated rings. The molecule has 0 saturated heterocycles. The van der Waals surface area contributed by atoms with Crippen molar-refractivity contribution < 1.29 is 4.52 Å². The molecular formula is C9H12ClN3OS. The lowest BCUT2D eigenvalue weighted by atomic mass is 10.2. The lowest BCUT2D eigenvalue weighted by molar-refractivity contribution is 0.352. The molecule has 0 aromatic carbocycles. The zero-order chi connectivity index (χ0) is 9.97. The molecule has 4 nitrogen and oxygen atoms in total. The largest absolute Gasteiger partial charge is 0.337 e. The van der Waals surface area contributed by atoms with Gasteiger partial charge in [-0.05, 0) is 17.9 Å². The van der Waals surface area contributed by atoms with Crippen LogP contribution in [0.25, 0.3) is 10.7 Å². The summed E-state index contributed by atoms with van der Waals surface area (Å²) in [7, 11) is 0. The van der Waals surface area contributed by atoms with Crippen molar-refractivity contribution in [1.29, 1.82) is 0 Å². The maximum atomic E-state index is 5.77. The highest BCUT2D eigenvalue weighted by Crippen LogP contribution is 2.22. The highest BCUT2D eigenvalue weighted by Gasteiger charge is 2.13. The highest BCUT2D eigenvalue weighted by molar-refractivity contribution is 7.13. The van der Waals surface area contributed by atoms with Gasteiger partial charge in [-0.15, -0.1) is 23.7 Å². The summed E-state index contributed by atoms with van der Waals surface area (Å²) in [6.07, 6.45) is 0.798. The second kappa shape index (κ2) is 5.25. The fraction of sp³-hybridized carbons (Fsp3) is 0.333. The van der Waals surface area contributed by atoms with Gasteiger partial charge in [0.2, 0.25) is 11.7 Å². The van der Waals surface area contributed by atoms with Crippen LogP contribution >= 0.6 is 23.7 Å². The summed E-state index contributed by atoms with van der Waals surface area (Å²) in [5, 5.41) is 5.85. The van der Waals surface area contributed by atoms with Gasteiger partial charge in [0.05, 0.1) is 10.9 Å². The van der Waals surface area contributed by atoms with Gasteiger partial charge in [0.15, 0.2) is 0 Å².